The van der Waals surface area contributed by atoms with Gasteiger partial charge < -0.3 is 4.98 Å². The molecule has 3 aromatic rings. The van der Waals surface area contributed by atoms with Crippen LogP contribution in [0.4, 0.5) is 0 Å². The molecule has 1 aliphatic rings. The Morgan fingerprint density at radius 1 is 1.17 bits per heavy atom. The number of hydrogen-bond acceptors (Lipinski definition) is 7. The van der Waals surface area contributed by atoms with Crippen molar-refractivity contribution in [2.24, 2.45) is 0 Å². The molecule has 152 valence electrons. The molecule has 3 aromatic heterocycles. The number of carbonyl (C=O) groups is 2. The van der Waals surface area contributed by atoms with Gasteiger partial charge >= 0.3 is 0 Å². The van der Waals surface area contributed by atoms with Crippen LogP contribution in [0.15, 0.2) is 10.9 Å². The number of aryl methyl sites for hydroxylation is 4. The SMILES string of the molecule is CC(=O)c1cc(C(=O)C(C#N)c2nc3sc4c(c3c(=O)[nH]2)CCCC4)c(C)nc1C. The lowest BCUT2D eigenvalue weighted by Gasteiger charge is -2.12. The Hall–Kier alpha value is -3.18. The molecule has 8 heteroatoms. The highest BCUT2D eigenvalue weighted by Crippen LogP contribution is 2.34. The maximum Gasteiger partial charge on any atom is 0.259 e. The van der Waals surface area contributed by atoms with Gasteiger partial charge in [-0.3, -0.25) is 19.4 Å². The summed E-state index contributed by atoms with van der Waals surface area (Å²) in [5.74, 6) is -2.00. The third-order valence-corrected chi connectivity index (χ3v) is 6.74. The van der Waals surface area contributed by atoms with Crippen LogP contribution >= 0.6 is 11.3 Å². The number of Topliss-reactive ketones (excluding diaryl/α,β-unsaturated/α-hetero) is 2. The summed E-state index contributed by atoms with van der Waals surface area (Å²) >= 11 is 1.47. The van der Waals surface area contributed by atoms with Crippen LogP contribution in [0, 0.1) is 25.2 Å². The van der Waals surface area contributed by atoms with Crippen molar-refractivity contribution in [2.75, 3.05) is 0 Å². The summed E-state index contributed by atoms with van der Waals surface area (Å²) in [4.78, 5) is 51.1. The van der Waals surface area contributed by atoms with Crippen LogP contribution in [-0.4, -0.2) is 26.5 Å². The Kier molecular flexibility index (Phi) is 5.08. The molecule has 0 fully saturated rings. The standard InChI is InChI=1S/C22H20N4O3S/c1-10-14(12(3)27)8-15(11(2)24-10)19(28)16(9-23)20-25-21(29)18-13-6-4-5-7-17(13)30-22(18)26-20/h8,16H,4-7H2,1-3H3,(H,25,26,29). The van der Waals surface area contributed by atoms with Crippen LogP contribution in [0.25, 0.3) is 10.2 Å². The molecule has 1 N–H and O–H groups in total. The van der Waals surface area contributed by atoms with E-state index in [9.17, 15) is 19.6 Å². The predicted octanol–water partition coefficient (Wildman–Crippen LogP) is 3.57. The molecule has 0 aliphatic heterocycles. The number of nitrogens with zero attached hydrogens (tertiary/aromatic N) is 3. The largest absolute Gasteiger partial charge is 0.308 e. The van der Waals surface area contributed by atoms with Gasteiger partial charge in [-0.2, -0.15) is 5.26 Å². The minimum absolute atomic E-state index is 0.0305. The Bertz CT molecular complexity index is 1310. The molecule has 0 spiro atoms. The van der Waals surface area contributed by atoms with Gasteiger partial charge in [-0.05, 0) is 58.1 Å². The first-order valence-electron chi connectivity index (χ1n) is 9.79. The molecule has 1 atom stereocenters. The van der Waals surface area contributed by atoms with E-state index in [2.05, 4.69) is 15.0 Å². The van der Waals surface area contributed by atoms with E-state index in [4.69, 9.17) is 0 Å². The monoisotopic (exact) mass is 420 g/mol. The number of carbonyl (C=O) groups excluding carboxylic acids is 2. The van der Waals surface area contributed by atoms with Gasteiger partial charge in [-0.15, -0.1) is 11.3 Å². The molecule has 0 saturated carbocycles. The van der Waals surface area contributed by atoms with Gasteiger partial charge in [0, 0.05) is 27.4 Å². The van der Waals surface area contributed by atoms with Crippen LogP contribution in [-0.2, 0) is 12.8 Å². The number of pyridine rings is 1. The van der Waals surface area contributed by atoms with Gasteiger partial charge in [0.15, 0.2) is 17.5 Å². The lowest BCUT2D eigenvalue weighted by molar-refractivity contribution is 0.0975. The van der Waals surface area contributed by atoms with Crippen molar-refractivity contribution in [2.45, 2.75) is 52.4 Å². The zero-order chi connectivity index (χ0) is 21.6. The minimum Gasteiger partial charge on any atom is -0.308 e. The third kappa shape index (κ3) is 3.25. The van der Waals surface area contributed by atoms with Crippen molar-refractivity contribution in [3.05, 3.63) is 55.2 Å². The molecule has 0 aromatic carbocycles. The van der Waals surface area contributed by atoms with Crippen molar-refractivity contribution >= 4 is 33.1 Å². The molecule has 4 rings (SSSR count). The number of thiophene rings is 1. The first kappa shape index (κ1) is 20.1. The molecular weight excluding hydrogens is 400 g/mol. The van der Waals surface area contributed by atoms with Gasteiger partial charge in [0.2, 0.25) is 0 Å². The van der Waals surface area contributed by atoms with Gasteiger partial charge in [-0.1, -0.05) is 0 Å². The summed E-state index contributed by atoms with van der Waals surface area (Å²) in [5, 5.41) is 10.3. The Morgan fingerprint density at radius 3 is 2.57 bits per heavy atom. The van der Waals surface area contributed by atoms with Crippen LogP contribution < -0.4 is 5.56 Å². The summed E-state index contributed by atoms with van der Waals surface area (Å²) in [6.45, 7) is 4.76. The highest BCUT2D eigenvalue weighted by atomic mass is 32.1. The summed E-state index contributed by atoms with van der Waals surface area (Å²) in [6, 6.07) is 3.45. The van der Waals surface area contributed by atoms with Gasteiger partial charge in [0.1, 0.15) is 10.7 Å². The molecule has 0 saturated heterocycles. The number of H-pyrrole nitrogens is 1. The second kappa shape index (κ2) is 7.58. The van der Waals surface area contributed by atoms with Crippen molar-refractivity contribution in [1.82, 2.24) is 15.0 Å². The number of nitrogens with one attached hydrogen (secondary N) is 1. The fourth-order valence-electron chi connectivity index (χ4n) is 4.05. The van der Waals surface area contributed by atoms with Gasteiger partial charge in [0.05, 0.1) is 11.5 Å². The number of fused-ring (bicyclic) bond motifs is 3. The maximum atomic E-state index is 13.2. The Labute approximate surface area is 176 Å². The summed E-state index contributed by atoms with van der Waals surface area (Å²) in [6.07, 6.45) is 3.90. The van der Waals surface area contributed by atoms with Crippen LogP contribution in [0.5, 0.6) is 0 Å². The van der Waals surface area contributed by atoms with Crippen molar-refractivity contribution in [1.29, 1.82) is 5.26 Å². The first-order chi connectivity index (χ1) is 14.3. The highest BCUT2D eigenvalue weighted by Gasteiger charge is 2.29. The zero-order valence-corrected chi connectivity index (χ0v) is 17.8. The zero-order valence-electron chi connectivity index (χ0n) is 17.0. The number of aromatic amines is 1. The normalized spacial score (nSPS) is 14.2. The number of hydrogen-bond donors (Lipinski definition) is 1. The molecule has 1 aliphatic carbocycles. The average Bonchev–Trinajstić information content (AvgIpc) is 3.07. The minimum atomic E-state index is -1.29. The van der Waals surface area contributed by atoms with Gasteiger partial charge in [-0.25, -0.2) is 4.98 Å². The lowest BCUT2D eigenvalue weighted by atomic mass is 9.94. The summed E-state index contributed by atoms with van der Waals surface area (Å²) in [5.41, 5.74) is 2.21. The summed E-state index contributed by atoms with van der Waals surface area (Å²) < 4.78 is 0. The van der Waals surface area contributed by atoms with E-state index in [-0.39, 0.29) is 22.7 Å². The second-order valence-electron chi connectivity index (χ2n) is 7.58. The molecule has 0 bridgehead atoms. The molecule has 0 radical (unpaired) electrons. The average molecular weight is 420 g/mol. The van der Waals surface area contributed by atoms with Crippen LogP contribution in [0.1, 0.15) is 74.1 Å². The smallest absolute Gasteiger partial charge is 0.259 e. The Morgan fingerprint density at radius 2 is 1.87 bits per heavy atom. The van der Waals surface area contributed by atoms with Crippen molar-refractivity contribution in [3.8, 4) is 6.07 Å². The van der Waals surface area contributed by atoms with E-state index < -0.39 is 11.7 Å². The Balaban J connectivity index is 1.82. The van der Waals surface area contributed by atoms with E-state index >= 15 is 0 Å². The molecular formula is C22H20N4O3S. The highest BCUT2D eigenvalue weighted by molar-refractivity contribution is 7.18. The lowest BCUT2D eigenvalue weighted by Crippen LogP contribution is -2.21. The number of nitriles is 1. The molecule has 7 nitrogen and oxygen atoms in total. The van der Waals surface area contributed by atoms with Crippen LogP contribution in [0.3, 0.4) is 0 Å². The summed E-state index contributed by atoms with van der Waals surface area (Å²) in [7, 11) is 0. The van der Waals surface area contributed by atoms with Crippen LogP contribution in [0.2, 0.25) is 0 Å². The number of rotatable bonds is 4. The quantitative estimate of drug-likeness (QED) is 0.645. The fraction of sp³-hybridized carbons (Fsp3) is 0.364. The maximum absolute atomic E-state index is 13.2. The van der Waals surface area contributed by atoms with E-state index in [0.29, 0.717) is 27.2 Å². The first-order valence-corrected chi connectivity index (χ1v) is 10.6. The van der Waals surface area contributed by atoms with Crippen molar-refractivity contribution in [3.63, 3.8) is 0 Å². The molecule has 0 amide bonds. The molecule has 1 unspecified atom stereocenters. The van der Waals surface area contributed by atoms with Gasteiger partial charge in [0.25, 0.3) is 5.56 Å². The van der Waals surface area contributed by atoms with Crippen molar-refractivity contribution < 1.29 is 9.59 Å². The molecule has 3 heterocycles. The fourth-order valence-corrected chi connectivity index (χ4v) is 5.32. The number of aromatic nitrogens is 3. The van der Waals surface area contributed by atoms with E-state index in [1.54, 1.807) is 13.8 Å². The number of ketones is 2. The van der Waals surface area contributed by atoms with E-state index in [1.165, 1.54) is 24.3 Å². The van der Waals surface area contributed by atoms with E-state index in [0.717, 1.165) is 36.1 Å². The topological polar surface area (TPSA) is 117 Å². The van der Waals surface area contributed by atoms with E-state index in [1.807, 2.05) is 6.07 Å². The predicted molar refractivity (Wildman–Crippen MR) is 113 cm³/mol. The molecule has 30 heavy (non-hydrogen) atoms. The third-order valence-electron chi connectivity index (χ3n) is 5.56. The second-order valence-corrected chi connectivity index (χ2v) is 8.66.